The number of nitrogens with zero attached hydrogens (tertiary/aromatic N) is 3. The minimum Gasteiger partial charge on any atom is -0.350 e. The van der Waals surface area contributed by atoms with E-state index in [2.05, 4.69) is 15.6 Å². The lowest BCUT2D eigenvalue weighted by Gasteiger charge is -2.11. The minimum absolute atomic E-state index is 0.108. The van der Waals surface area contributed by atoms with E-state index in [1.165, 1.54) is 25.0 Å². The molecular formula is C15H17FN4O. The third-order valence-electron chi connectivity index (χ3n) is 3.74. The molecule has 0 bridgehead atoms. The summed E-state index contributed by atoms with van der Waals surface area (Å²) in [4.78, 5) is 11.9. The third-order valence-corrected chi connectivity index (χ3v) is 3.74. The minimum atomic E-state index is -0.273. The van der Waals surface area contributed by atoms with Gasteiger partial charge in [-0.05, 0) is 43.4 Å². The molecule has 0 radical (unpaired) electrons. The second kappa shape index (κ2) is 5.63. The summed E-state index contributed by atoms with van der Waals surface area (Å²) in [5.74, 6) is 0.159. The van der Waals surface area contributed by atoms with Crippen LogP contribution < -0.4 is 5.32 Å². The topological polar surface area (TPSA) is 59.8 Å². The first kappa shape index (κ1) is 13.7. The second-order valence-corrected chi connectivity index (χ2v) is 5.46. The molecule has 1 amide bonds. The first-order valence-corrected chi connectivity index (χ1v) is 7.09. The van der Waals surface area contributed by atoms with Gasteiger partial charge in [0.2, 0.25) is 0 Å². The number of amides is 1. The Kier molecular flexibility index (Phi) is 3.68. The summed E-state index contributed by atoms with van der Waals surface area (Å²) >= 11 is 0. The van der Waals surface area contributed by atoms with Gasteiger partial charge in [0, 0.05) is 6.54 Å². The monoisotopic (exact) mass is 288 g/mol. The van der Waals surface area contributed by atoms with Gasteiger partial charge >= 0.3 is 0 Å². The number of halogens is 1. The van der Waals surface area contributed by atoms with Crippen LogP contribution in [0.5, 0.6) is 0 Å². The Bertz CT molecular complexity index is 633. The highest BCUT2D eigenvalue weighted by molar-refractivity contribution is 5.91. The van der Waals surface area contributed by atoms with E-state index >= 15 is 0 Å². The van der Waals surface area contributed by atoms with E-state index in [0.717, 1.165) is 5.56 Å². The molecule has 1 aliphatic rings. The van der Waals surface area contributed by atoms with Gasteiger partial charge in [-0.25, -0.2) is 9.07 Å². The molecule has 21 heavy (non-hydrogen) atoms. The van der Waals surface area contributed by atoms with E-state index < -0.39 is 0 Å². The molecule has 3 rings (SSSR count). The van der Waals surface area contributed by atoms with Crippen molar-refractivity contribution in [1.82, 2.24) is 20.3 Å². The molecule has 2 aromatic rings. The maximum absolute atomic E-state index is 12.9. The van der Waals surface area contributed by atoms with Crippen LogP contribution in [0, 0.1) is 11.7 Å². The Balaban J connectivity index is 1.68. The number of rotatable bonds is 5. The maximum Gasteiger partial charge on any atom is 0.273 e. The number of aromatic nitrogens is 3. The van der Waals surface area contributed by atoms with Crippen LogP contribution in [0.4, 0.5) is 4.39 Å². The Hall–Kier alpha value is -2.24. The highest BCUT2D eigenvalue weighted by Gasteiger charge is 2.22. The molecule has 1 heterocycles. The number of carbonyl (C=O) groups is 1. The van der Waals surface area contributed by atoms with Crippen LogP contribution in [0.15, 0.2) is 30.5 Å². The van der Waals surface area contributed by atoms with Crippen molar-refractivity contribution in [2.45, 2.75) is 25.8 Å². The molecule has 1 saturated carbocycles. The normalized spacial score (nSPS) is 15.7. The number of hydrogen-bond acceptors (Lipinski definition) is 3. The summed E-state index contributed by atoms with van der Waals surface area (Å²) in [6, 6.07) is 6.12. The predicted molar refractivity (Wildman–Crippen MR) is 75.3 cm³/mol. The molecule has 1 aliphatic carbocycles. The number of carbonyl (C=O) groups excluding carboxylic acids is 1. The number of benzene rings is 1. The van der Waals surface area contributed by atoms with Crippen LogP contribution in [0.1, 0.15) is 41.9 Å². The highest BCUT2D eigenvalue weighted by atomic mass is 19.1. The summed E-state index contributed by atoms with van der Waals surface area (Å²) in [6.45, 7) is 2.63. The molecule has 1 aromatic heterocycles. The lowest BCUT2D eigenvalue weighted by molar-refractivity contribution is 0.0946. The molecular weight excluding hydrogens is 271 g/mol. The molecule has 0 aliphatic heterocycles. The van der Waals surface area contributed by atoms with Gasteiger partial charge in [-0.15, -0.1) is 5.10 Å². The standard InChI is InChI=1S/C15H17FN4O/c1-10(12-4-6-13(16)7-5-12)20-9-14(18-19-20)15(21)17-8-11-2-3-11/h4-7,9-11H,2-3,8H2,1H3,(H,17,21)/t10-/m1/s1. The van der Waals surface area contributed by atoms with Crippen LogP contribution in [-0.4, -0.2) is 27.4 Å². The van der Waals surface area contributed by atoms with Crippen molar-refractivity contribution in [2.24, 2.45) is 5.92 Å². The van der Waals surface area contributed by atoms with Crippen LogP contribution >= 0.6 is 0 Å². The van der Waals surface area contributed by atoms with Gasteiger partial charge in [-0.3, -0.25) is 4.79 Å². The molecule has 1 atom stereocenters. The molecule has 6 heteroatoms. The Morgan fingerprint density at radius 2 is 2.14 bits per heavy atom. The zero-order valence-corrected chi connectivity index (χ0v) is 11.8. The fourth-order valence-electron chi connectivity index (χ4n) is 2.11. The third kappa shape index (κ3) is 3.26. The average molecular weight is 288 g/mol. The van der Waals surface area contributed by atoms with Gasteiger partial charge in [0.05, 0.1) is 12.2 Å². The van der Waals surface area contributed by atoms with Crippen LogP contribution in [0.3, 0.4) is 0 Å². The molecule has 1 N–H and O–H groups in total. The SMILES string of the molecule is C[C@H](c1ccc(F)cc1)n1cc(C(=O)NCC2CC2)nn1. The molecule has 1 aromatic carbocycles. The largest absolute Gasteiger partial charge is 0.350 e. The van der Waals surface area contributed by atoms with Gasteiger partial charge in [0.1, 0.15) is 5.82 Å². The molecule has 0 spiro atoms. The van der Waals surface area contributed by atoms with Crippen LogP contribution in [0.25, 0.3) is 0 Å². The zero-order chi connectivity index (χ0) is 14.8. The van der Waals surface area contributed by atoms with Crippen molar-refractivity contribution in [3.63, 3.8) is 0 Å². The average Bonchev–Trinajstić information content (AvgIpc) is 3.19. The number of hydrogen-bond donors (Lipinski definition) is 1. The number of nitrogens with one attached hydrogen (secondary N) is 1. The first-order valence-electron chi connectivity index (χ1n) is 7.09. The van der Waals surface area contributed by atoms with Crippen molar-refractivity contribution >= 4 is 5.91 Å². The quantitative estimate of drug-likeness (QED) is 0.917. The van der Waals surface area contributed by atoms with Crippen LogP contribution in [0.2, 0.25) is 0 Å². The van der Waals surface area contributed by atoms with Crippen molar-refractivity contribution in [1.29, 1.82) is 0 Å². The summed E-state index contributed by atoms with van der Waals surface area (Å²) in [5.41, 5.74) is 1.22. The molecule has 0 unspecified atom stereocenters. The lowest BCUT2D eigenvalue weighted by Crippen LogP contribution is -2.25. The smallest absolute Gasteiger partial charge is 0.273 e. The fourth-order valence-corrected chi connectivity index (χ4v) is 2.11. The van der Waals surface area contributed by atoms with Crippen molar-refractivity contribution < 1.29 is 9.18 Å². The van der Waals surface area contributed by atoms with Crippen molar-refractivity contribution in [3.8, 4) is 0 Å². The van der Waals surface area contributed by atoms with Gasteiger partial charge in [-0.2, -0.15) is 0 Å². The summed E-state index contributed by atoms with van der Waals surface area (Å²) in [6.07, 6.45) is 4.00. The van der Waals surface area contributed by atoms with E-state index in [1.807, 2.05) is 6.92 Å². The van der Waals surface area contributed by atoms with E-state index in [9.17, 15) is 9.18 Å². The van der Waals surface area contributed by atoms with Gasteiger partial charge in [0.25, 0.3) is 5.91 Å². The molecule has 1 fully saturated rings. The molecule has 0 saturated heterocycles. The Labute approximate surface area is 122 Å². The van der Waals surface area contributed by atoms with E-state index in [-0.39, 0.29) is 17.8 Å². The Morgan fingerprint density at radius 1 is 1.43 bits per heavy atom. The lowest BCUT2D eigenvalue weighted by atomic mass is 10.1. The van der Waals surface area contributed by atoms with Crippen molar-refractivity contribution in [2.75, 3.05) is 6.54 Å². The summed E-state index contributed by atoms with van der Waals surface area (Å²) < 4.78 is 14.5. The maximum atomic E-state index is 12.9. The second-order valence-electron chi connectivity index (χ2n) is 5.46. The molecule has 5 nitrogen and oxygen atoms in total. The molecule has 110 valence electrons. The Morgan fingerprint density at radius 3 is 2.81 bits per heavy atom. The van der Waals surface area contributed by atoms with Crippen molar-refractivity contribution in [3.05, 3.63) is 47.5 Å². The van der Waals surface area contributed by atoms with Gasteiger partial charge in [0.15, 0.2) is 5.69 Å². The van der Waals surface area contributed by atoms with Crippen LogP contribution in [-0.2, 0) is 0 Å². The predicted octanol–water partition coefficient (Wildman–Crippen LogP) is 2.17. The summed E-state index contributed by atoms with van der Waals surface area (Å²) in [7, 11) is 0. The van der Waals surface area contributed by atoms with Gasteiger partial charge in [-0.1, -0.05) is 17.3 Å². The summed E-state index contributed by atoms with van der Waals surface area (Å²) in [5, 5.41) is 10.8. The fraction of sp³-hybridized carbons (Fsp3) is 0.400. The van der Waals surface area contributed by atoms with E-state index in [1.54, 1.807) is 23.0 Å². The van der Waals surface area contributed by atoms with E-state index in [0.29, 0.717) is 18.2 Å². The van der Waals surface area contributed by atoms with Gasteiger partial charge < -0.3 is 5.32 Å². The van der Waals surface area contributed by atoms with E-state index in [4.69, 9.17) is 0 Å². The first-order chi connectivity index (χ1) is 10.1. The zero-order valence-electron chi connectivity index (χ0n) is 11.8. The highest BCUT2D eigenvalue weighted by Crippen LogP contribution is 2.27.